The maximum atomic E-state index is 12.8. The minimum atomic E-state index is -0.0948. The Morgan fingerprint density at radius 3 is 2.79 bits per heavy atom. The van der Waals surface area contributed by atoms with Gasteiger partial charge in [0.15, 0.2) is 0 Å². The van der Waals surface area contributed by atoms with Crippen molar-refractivity contribution in [3.8, 4) is 10.6 Å². The number of aromatic nitrogens is 4. The third-order valence-corrected chi connectivity index (χ3v) is 5.54. The Hall–Kier alpha value is -1.99. The molecule has 0 radical (unpaired) electrons. The van der Waals surface area contributed by atoms with Crippen LogP contribution in [0.25, 0.3) is 15.5 Å². The van der Waals surface area contributed by atoms with Gasteiger partial charge in [0.1, 0.15) is 5.01 Å². The Labute approximate surface area is 148 Å². The van der Waals surface area contributed by atoms with Gasteiger partial charge in [-0.15, -0.1) is 10.2 Å². The maximum absolute atomic E-state index is 12.8. The molecule has 3 heterocycles. The summed E-state index contributed by atoms with van der Waals surface area (Å²) >= 11 is 7.33. The van der Waals surface area contributed by atoms with Crippen molar-refractivity contribution in [2.24, 2.45) is 0 Å². The number of hydrogen-bond acceptors (Lipinski definition) is 5. The molecule has 0 N–H and O–H groups in total. The monoisotopic (exact) mass is 361 g/mol. The van der Waals surface area contributed by atoms with Gasteiger partial charge in [-0.2, -0.15) is 9.61 Å². The second-order valence-corrected chi connectivity index (χ2v) is 7.37. The highest BCUT2D eigenvalue weighted by molar-refractivity contribution is 7.19. The molecule has 0 saturated carbocycles. The first kappa shape index (κ1) is 15.5. The van der Waals surface area contributed by atoms with E-state index >= 15 is 0 Å². The Morgan fingerprint density at radius 1 is 1.25 bits per heavy atom. The van der Waals surface area contributed by atoms with E-state index in [1.165, 1.54) is 11.3 Å². The minimum absolute atomic E-state index is 0.0948. The number of piperidine rings is 1. The van der Waals surface area contributed by atoms with Crippen LogP contribution in [-0.2, 0) is 0 Å². The predicted molar refractivity (Wildman–Crippen MR) is 93.5 cm³/mol. The van der Waals surface area contributed by atoms with Crippen LogP contribution in [0.1, 0.15) is 36.8 Å². The molecule has 1 atom stereocenters. The number of carbonyl (C=O) groups is 1. The molecule has 1 fully saturated rings. The molecule has 0 aliphatic carbocycles. The summed E-state index contributed by atoms with van der Waals surface area (Å²) in [6.45, 7) is 2.85. The first-order valence-corrected chi connectivity index (χ1v) is 9.12. The van der Waals surface area contributed by atoms with Crippen LogP contribution >= 0.6 is 22.9 Å². The number of halogens is 1. The highest BCUT2D eigenvalue weighted by Gasteiger charge is 2.28. The first-order valence-electron chi connectivity index (χ1n) is 7.92. The summed E-state index contributed by atoms with van der Waals surface area (Å²) in [5.41, 5.74) is 0.944. The summed E-state index contributed by atoms with van der Waals surface area (Å²) in [5, 5.41) is 14.2. The lowest BCUT2D eigenvalue weighted by Gasteiger charge is -2.32. The zero-order chi connectivity index (χ0) is 16.7. The van der Waals surface area contributed by atoms with Gasteiger partial charge in [-0.25, -0.2) is 0 Å². The molecule has 8 heteroatoms. The number of amides is 1. The van der Waals surface area contributed by atoms with E-state index < -0.39 is 0 Å². The molecule has 2 aromatic heterocycles. The van der Waals surface area contributed by atoms with E-state index in [0.717, 1.165) is 36.4 Å². The highest BCUT2D eigenvalue weighted by Crippen LogP contribution is 2.27. The molecule has 1 amide bonds. The standard InChI is InChI=1S/C16H16ClN5OS/c1-10-4-2-3-9-21(10)15(23)13-18-19-16-22(13)20-14(24-16)11-5-7-12(17)8-6-11/h5-8,10H,2-4,9H2,1H3/t10-/m1/s1. The topological polar surface area (TPSA) is 63.4 Å². The number of nitrogens with zero attached hydrogens (tertiary/aromatic N) is 5. The fraction of sp³-hybridized carbons (Fsp3) is 0.375. The summed E-state index contributed by atoms with van der Waals surface area (Å²) in [6, 6.07) is 7.68. The van der Waals surface area contributed by atoms with E-state index in [1.807, 2.05) is 29.2 Å². The number of carbonyl (C=O) groups excluding carboxylic acids is 1. The summed E-state index contributed by atoms with van der Waals surface area (Å²) in [6.07, 6.45) is 3.23. The summed E-state index contributed by atoms with van der Waals surface area (Å²) in [7, 11) is 0. The number of likely N-dealkylation sites (tertiary alicyclic amines) is 1. The van der Waals surface area contributed by atoms with Crippen molar-refractivity contribution in [1.82, 2.24) is 24.7 Å². The summed E-state index contributed by atoms with van der Waals surface area (Å²) in [5.74, 6) is 0.192. The maximum Gasteiger partial charge on any atom is 0.293 e. The van der Waals surface area contributed by atoms with Crippen molar-refractivity contribution < 1.29 is 4.79 Å². The molecule has 3 aromatic rings. The molecule has 1 aliphatic rings. The molecule has 1 saturated heterocycles. The summed E-state index contributed by atoms with van der Waals surface area (Å²) < 4.78 is 1.55. The van der Waals surface area contributed by atoms with Crippen LogP contribution in [-0.4, -0.2) is 43.2 Å². The Balaban J connectivity index is 1.69. The van der Waals surface area contributed by atoms with Crippen molar-refractivity contribution in [3.63, 3.8) is 0 Å². The Bertz CT molecular complexity index is 888. The van der Waals surface area contributed by atoms with Crippen LogP contribution in [0.2, 0.25) is 5.02 Å². The fourth-order valence-electron chi connectivity index (χ4n) is 2.99. The van der Waals surface area contributed by atoms with E-state index in [0.29, 0.717) is 9.98 Å². The van der Waals surface area contributed by atoms with Crippen LogP contribution in [0.4, 0.5) is 0 Å². The van der Waals surface area contributed by atoms with Crippen LogP contribution in [0.3, 0.4) is 0 Å². The van der Waals surface area contributed by atoms with Gasteiger partial charge in [-0.3, -0.25) is 4.79 Å². The highest BCUT2D eigenvalue weighted by atomic mass is 35.5. The largest absolute Gasteiger partial charge is 0.333 e. The van der Waals surface area contributed by atoms with E-state index in [1.54, 1.807) is 4.52 Å². The molecular weight excluding hydrogens is 346 g/mol. The van der Waals surface area contributed by atoms with Crippen LogP contribution in [0.5, 0.6) is 0 Å². The quantitative estimate of drug-likeness (QED) is 0.700. The molecule has 0 unspecified atom stereocenters. The zero-order valence-corrected chi connectivity index (χ0v) is 14.7. The molecule has 24 heavy (non-hydrogen) atoms. The molecule has 124 valence electrons. The third kappa shape index (κ3) is 2.67. The number of hydrogen-bond donors (Lipinski definition) is 0. The number of benzene rings is 1. The van der Waals surface area contributed by atoms with Crippen molar-refractivity contribution in [1.29, 1.82) is 0 Å². The Morgan fingerprint density at radius 2 is 2.04 bits per heavy atom. The fourth-order valence-corrected chi connectivity index (χ4v) is 3.96. The zero-order valence-electron chi connectivity index (χ0n) is 13.1. The van der Waals surface area contributed by atoms with Crippen LogP contribution in [0, 0.1) is 0 Å². The smallest absolute Gasteiger partial charge is 0.293 e. The van der Waals surface area contributed by atoms with Crippen molar-refractivity contribution in [2.45, 2.75) is 32.2 Å². The van der Waals surface area contributed by atoms with E-state index in [-0.39, 0.29) is 17.8 Å². The lowest BCUT2D eigenvalue weighted by atomic mass is 10.0. The van der Waals surface area contributed by atoms with E-state index in [9.17, 15) is 4.79 Å². The van der Waals surface area contributed by atoms with Crippen LogP contribution in [0.15, 0.2) is 24.3 Å². The Kier molecular flexibility index (Phi) is 3.97. The minimum Gasteiger partial charge on any atom is -0.333 e. The van der Waals surface area contributed by atoms with Gasteiger partial charge in [-0.05, 0) is 38.3 Å². The van der Waals surface area contributed by atoms with Gasteiger partial charge in [0.05, 0.1) is 0 Å². The van der Waals surface area contributed by atoms with Gasteiger partial charge in [0.2, 0.25) is 10.8 Å². The second kappa shape index (κ2) is 6.14. The predicted octanol–water partition coefficient (Wildman–Crippen LogP) is 3.52. The second-order valence-electron chi connectivity index (χ2n) is 5.98. The van der Waals surface area contributed by atoms with Gasteiger partial charge < -0.3 is 4.90 Å². The van der Waals surface area contributed by atoms with Gasteiger partial charge in [-0.1, -0.05) is 35.1 Å². The lowest BCUT2D eigenvalue weighted by Crippen LogP contribution is -2.42. The van der Waals surface area contributed by atoms with Crippen molar-refractivity contribution in [3.05, 3.63) is 35.1 Å². The molecule has 1 aromatic carbocycles. The molecular formula is C16H16ClN5OS. The van der Waals surface area contributed by atoms with Gasteiger partial charge in [0.25, 0.3) is 5.91 Å². The molecule has 6 nitrogen and oxygen atoms in total. The number of rotatable bonds is 2. The van der Waals surface area contributed by atoms with Crippen molar-refractivity contribution in [2.75, 3.05) is 6.54 Å². The third-order valence-electron chi connectivity index (χ3n) is 4.34. The lowest BCUT2D eigenvalue weighted by molar-refractivity contribution is 0.0620. The first-order chi connectivity index (χ1) is 11.6. The average molecular weight is 362 g/mol. The summed E-state index contributed by atoms with van der Waals surface area (Å²) in [4.78, 5) is 15.3. The molecule has 4 rings (SSSR count). The van der Waals surface area contributed by atoms with Gasteiger partial charge >= 0.3 is 0 Å². The SMILES string of the molecule is C[C@@H]1CCCCN1C(=O)c1nnc2sc(-c3ccc(Cl)cc3)nn12. The van der Waals surface area contributed by atoms with Crippen LogP contribution < -0.4 is 0 Å². The molecule has 1 aliphatic heterocycles. The molecule has 0 bridgehead atoms. The van der Waals surface area contributed by atoms with Crippen molar-refractivity contribution >= 4 is 33.8 Å². The van der Waals surface area contributed by atoms with E-state index in [4.69, 9.17) is 11.6 Å². The molecule has 0 spiro atoms. The van der Waals surface area contributed by atoms with Gasteiger partial charge in [0, 0.05) is 23.2 Å². The normalized spacial score (nSPS) is 18.2. The average Bonchev–Trinajstić information content (AvgIpc) is 3.16. The number of fused-ring (bicyclic) bond motifs is 1. The van der Waals surface area contributed by atoms with E-state index in [2.05, 4.69) is 22.2 Å².